The van der Waals surface area contributed by atoms with Gasteiger partial charge in [-0.05, 0) is 24.6 Å². The van der Waals surface area contributed by atoms with Crippen molar-refractivity contribution in [2.75, 3.05) is 26.8 Å². The van der Waals surface area contributed by atoms with Gasteiger partial charge < -0.3 is 25.0 Å². The number of aryl methyl sites for hydroxylation is 1. The SMILES string of the molecule is COCCNC(=O)[C@H]1C[C@H](Oc2ccccc2)CN1C(=O)NCc1ccc(C)cc1. The number of urea groups is 1. The van der Waals surface area contributed by atoms with Crippen LogP contribution in [0, 0.1) is 6.92 Å². The average Bonchev–Trinajstić information content (AvgIpc) is 3.18. The maximum atomic E-state index is 12.9. The zero-order valence-electron chi connectivity index (χ0n) is 17.5. The molecule has 1 fully saturated rings. The number of likely N-dealkylation sites (tertiary alicyclic amines) is 1. The Balaban J connectivity index is 1.64. The summed E-state index contributed by atoms with van der Waals surface area (Å²) in [5, 5.41) is 5.76. The summed E-state index contributed by atoms with van der Waals surface area (Å²) in [7, 11) is 1.58. The number of rotatable bonds is 8. The van der Waals surface area contributed by atoms with Gasteiger partial charge in [0, 0.05) is 26.6 Å². The zero-order chi connectivity index (χ0) is 21.3. The maximum Gasteiger partial charge on any atom is 0.318 e. The number of carbonyl (C=O) groups is 2. The van der Waals surface area contributed by atoms with Crippen LogP contribution >= 0.6 is 0 Å². The maximum absolute atomic E-state index is 12.9. The molecule has 0 radical (unpaired) electrons. The molecule has 7 nitrogen and oxygen atoms in total. The second kappa shape index (κ2) is 10.6. The quantitative estimate of drug-likeness (QED) is 0.654. The van der Waals surface area contributed by atoms with Crippen LogP contribution in [0.1, 0.15) is 17.5 Å². The lowest BCUT2D eigenvalue weighted by Crippen LogP contribution is -2.49. The highest BCUT2D eigenvalue weighted by Crippen LogP contribution is 2.23. The van der Waals surface area contributed by atoms with Gasteiger partial charge in [-0.2, -0.15) is 0 Å². The molecule has 7 heteroatoms. The summed E-state index contributed by atoms with van der Waals surface area (Å²) in [6.45, 7) is 3.58. The van der Waals surface area contributed by atoms with Crippen LogP contribution in [0.15, 0.2) is 54.6 Å². The van der Waals surface area contributed by atoms with E-state index in [1.54, 1.807) is 12.0 Å². The molecule has 1 aliphatic rings. The molecule has 2 N–H and O–H groups in total. The van der Waals surface area contributed by atoms with Crippen LogP contribution in [-0.4, -0.2) is 55.8 Å². The molecule has 3 amide bonds. The van der Waals surface area contributed by atoms with Crippen LogP contribution in [0.4, 0.5) is 4.79 Å². The normalized spacial score (nSPS) is 18.1. The lowest BCUT2D eigenvalue weighted by Gasteiger charge is -2.24. The van der Waals surface area contributed by atoms with Gasteiger partial charge in [0.25, 0.3) is 0 Å². The van der Waals surface area contributed by atoms with Gasteiger partial charge >= 0.3 is 6.03 Å². The van der Waals surface area contributed by atoms with E-state index >= 15 is 0 Å². The smallest absolute Gasteiger partial charge is 0.318 e. The number of benzene rings is 2. The molecule has 0 bridgehead atoms. The minimum Gasteiger partial charge on any atom is -0.488 e. The molecule has 0 unspecified atom stereocenters. The summed E-state index contributed by atoms with van der Waals surface area (Å²) in [5.41, 5.74) is 2.17. The largest absolute Gasteiger partial charge is 0.488 e. The van der Waals surface area contributed by atoms with Crippen molar-refractivity contribution >= 4 is 11.9 Å². The van der Waals surface area contributed by atoms with E-state index in [4.69, 9.17) is 9.47 Å². The number of ether oxygens (including phenoxy) is 2. The Kier molecular flexibility index (Phi) is 7.68. The van der Waals surface area contributed by atoms with E-state index in [0.717, 1.165) is 11.3 Å². The number of amides is 3. The Bertz CT molecular complexity index is 826. The van der Waals surface area contributed by atoms with Gasteiger partial charge in [0.15, 0.2) is 0 Å². The molecule has 2 atom stereocenters. The van der Waals surface area contributed by atoms with E-state index in [1.165, 1.54) is 5.56 Å². The van der Waals surface area contributed by atoms with Crippen molar-refractivity contribution in [2.45, 2.75) is 32.0 Å². The second-order valence-corrected chi connectivity index (χ2v) is 7.38. The molecule has 1 heterocycles. The molecule has 0 spiro atoms. The summed E-state index contributed by atoms with van der Waals surface area (Å²) in [6, 6.07) is 16.6. The lowest BCUT2D eigenvalue weighted by molar-refractivity contribution is -0.124. The Morgan fingerprint density at radius 2 is 1.80 bits per heavy atom. The van der Waals surface area contributed by atoms with Crippen molar-refractivity contribution < 1.29 is 19.1 Å². The van der Waals surface area contributed by atoms with Crippen molar-refractivity contribution in [3.63, 3.8) is 0 Å². The first kappa shape index (κ1) is 21.6. The molecule has 1 saturated heterocycles. The summed E-state index contributed by atoms with van der Waals surface area (Å²) in [6.07, 6.45) is 0.182. The van der Waals surface area contributed by atoms with E-state index < -0.39 is 6.04 Å². The van der Waals surface area contributed by atoms with E-state index in [-0.39, 0.29) is 18.0 Å². The topological polar surface area (TPSA) is 79.9 Å². The van der Waals surface area contributed by atoms with Crippen LogP contribution in [0.5, 0.6) is 5.75 Å². The van der Waals surface area contributed by atoms with Crippen molar-refractivity contribution in [3.8, 4) is 5.75 Å². The van der Waals surface area contributed by atoms with Crippen molar-refractivity contribution in [3.05, 3.63) is 65.7 Å². The van der Waals surface area contributed by atoms with Crippen LogP contribution < -0.4 is 15.4 Å². The highest BCUT2D eigenvalue weighted by molar-refractivity contribution is 5.87. The number of hydrogen-bond donors (Lipinski definition) is 2. The molecule has 30 heavy (non-hydrogen) atoms. The predicted octanol–water partition coefficient (Wildman–Crippen LogP) is 2.49. The predicted molar refractivity (Wildman–Crippen MR) is 114 cm³/mol. The van der Waals surface area contributed by atoms with Crippen LogP contribution in [0.3, 0.4) is 0 Å². The fourth-order valence-corrected chi connectivity index (χ4v) is 3.43. The second-order valence-electron chi connectivity index (χ2n) is 7.38. The molecule has 0 aliphatic carbocycles. The van der Waals surface area contributed by atoms with E-state index in [9.17, 15) is 9.59 Å². The first-order valence-corrected chi connectivity index (χ1v) is 10.1. The van der Waals surface area contributed by atoms with Gasteiger partial charge in [0.1, 0.15) is 17.9 Å². The lowest BCUT2D eigenvalue weighted by atomic mass is 10.1. The Hall–Kier alpha value is -3.06. The fourth-order valence-electron chi connectivity index (χ4n) is 3.43. The number of para-hydroxylation sites is 1. The molecule has 2 aromatic carbocycles. The Labute approximate surface area is 177 Å². The van der Waals surface area contributed by atoms with Crippen molar-refractivity contribution in [1.29, 1.82) is 0 Å². The van der Waals surface area contributed by atoms with Crippen LogP contribution in [0.25, 0.3) is 0 Å². The molecule has 3 rings (SSSR count). The standard InChI is InChI=1S/C23H29N3O4/c1-17-8-10-18(11-9-17)15-25-23(28)26-16-20(30-19-6-4-3-5-7-19)14-21(26)22(27)24-12-13-29-2/h3-11,20-21H,12-16H2,1-2H3,(H,24,27)(H,25,28)/t20-,21+/m0/s1. The minimum absolute atomic E-state index is 0.198. The number of methoxy groups -OCH3 is 1. The molecule has 2 aromatic rings. The molecule has 160 valence electrons. The summed E-state index contributed by atoms with van der Waals surface area (Å²) >= 11 is 0. The summed E-state index contributed by atoms with van der Waals surface area (Å²) in [5.74, 6) is 0.527. The molecule has 0 aromatic heterocycles. The van der Waals surface area contributed by atoms with Crippen LogP contribution in [-0.2, 0) is 16.1 Å². The highest BCUT2D eigenvalue weighted by Gasteiger charge is 2.40. The van der Waals surface area contributed by atoms with Gasteiger partial charge in [-0.25, -0.2) is 4.79 Å². The Morgan fingerprint density at radius 3 is 2.50 bits per heavy atom. The van der Waals surface area contributed by atoms with Crippen molar-refractivity contribution in [1.82, 2.24) is 15.5 Å². The first-order valence-electron chi connectivity index (χ1n) is 10.1. The zero-order valence-corrected chi connectivity index (χ0v) is 17.5. The molecular weight excluding hydrogens is 382 g/mol. The minimum atomic E-state index is -0.589. The van der Waals surface area contributed by atoms with Gasteiger partial charge in [-0.15, -0.1) is 0 Å². The van der Waals surface area contributed by atoms with Crippen LogP contribution in [0.2, 0.25) is 0 Å². The number of nitrogens with one attached hydrogen (secondary N) is 2. The fraction of sp³-hybridized carbons (Fsp3) is 0.391. The average molecular weight is 412 g/mol. The third-order valence-corrected chi connectivity index (χ3v) is 5.04. The molecule has 0 saturated carbocycles. The van der Waals surface area contributed by atoms with E-state index in [0.29, 0.717) is 32.7 Å². The van der Waals surface area contributed by atoms with Gasteiger partial charge in [0.05, 0.1) is 13.2 Å². The van der Waals surface area contributed by atoms with Gasteiger partial charge in [0.2, 0.25) is 5.91 Å². The van der Waals surface area contributed by atoms with Gasteiger partial charge in [-0.1, -0.05) is 48.0 Å². The summed E-state index contributed by atoms with van der Waals surface area (Å²) < 4.78 is 11.0. The number of carbonyl (C=O) groups excluding carboxylic acids is 2. The number of nitrogens with zero attached hydrogens (tertiary/aromatic N) is 1. The Morgan fingerprint density at radius 1 is 1.07 bits per heavy atom. The summed E-state index contributed by atoms with van der Waals surface area (Å²) in [4.78, 5) is 27.1. The molecular formula is C23H29N3O4. The van der Waals surface area contributed by atoms with Gasteiger partial charge in [-0.3, -0.25) is 4.79 Å². The third-order valence-electron chi connectivity index (χ3n) is 5.04. The van der Waals surface area contributed by atoms with E-state index in [2.05, 4.69) is 10.6 Å². The number of hydrogen-bond acceptors (Lipinski definition) is 4. The van der Waals surface area contributed by atoms with E-state index in [1.807, 2.05) is 61.5 Å². The molecule has 1 aliphatic heterocycles. The third kappa shape index (κ3) is 5.97. The highest BCUT2D eigenvalue weighted by atomic mass is 16.5. The monoisotopic (exact) mass is 411 g/mol. The van der Waals surface area contributed by atoms with Crippen molar-refractivity contribution in [2.24, 2.45) is 0 Å². The first-order chi connectivity index (χ1) is 14.6.